The summed E-state index contributed by atoms with van der Waals surface area (Å²) < 4.78 is 18.4. The van der Waals surface area contributed by atoms with Crippen molar-refractivity contribution in [2.45, 2.75) is 31.7 Å². The Bertz CT molecular complexity index is 856. The standard InChI is InChI=1S/C22H31FN6O3/c23-16-3-5-17(6-4-16)28-20(25)18(21(26)30)12-27-19-7-9-29(13-15(19)11-24)22(31)32-10-8-14-1-2-14/h3-6,12,14-15,19,27H,1-2,7-11,13,24H2,(H2,25,28)(H2,26,30)/b18-12+/t15-,19-/m1/s1. The first-order chi connectivity index (χ1) is 15.4. The minimum absolute atomic E-state index is 0.0491. The number of nitrogens with zero attached hydrogens (tertiary/aromatic N) is 1. The zero-order valence-electron chi connectivity index (χ0n) is 18.0. The van der Waals surface area contributed by atoms with E-state index < -0.39 is 11.7 Å². The van der Waals surface area contributed by atoms with Crippen molar-refractivity contribution in [3.63, 3.8) is 0 Å². The van der Waals surface area contributed by atoms with Gasteiger partial charge in [-0.25, -0.2) is 9.18 Å². The van der Waals surface area contributed by atoms with Gasteiger partial charge in [0.15, 0.2) is 0 Å². The molecular formula is C22H31FN6O3. The van der Waals surface area contributed by atoms with Gasteiger partial charge in [0.05, 0.1) is 12.2 Å². The second kappa shape index (κ2) is 10.9. The summed E-state index contributed by atoms with van der Waals surface area (Å²) in [6.07, 6.45) is 5.06. The number of primary amides is 1. The molecule has 174 valence electrons. The highest BCUT2D eigenvalue weighted by atomic mass is 19.1. The molecule has 9 nitrogen and oxygen atoms in total. The molecule has 2 aliphatic rings. The van der Waals surface area contributed by atoms with E-state index in [-0.39, 0.29) is 29.5 Å². The molecule has 1 heterocycles. The smallest absolute Gasteiger partial charge is 0.409 e. The minimum atomic E-state index is -0.780. The van der Waals surface area contributed by atoms with E-state index in [1.165, 1.54) is 43.3 Å². The first-order valence-corrected chi connectivity index (χ1v) is 10.9. The quantitative estimate of drug-likeness (QED) is 0.222. The molecule has 0 radical (unpaired) electrons. The van der Waals surface area contributed by atoms with E-state index in [2.05, 4.69) is 10.6 Å². The average molecular weight is 447 g/mol. The van der Waals surface area contributed by atoms with Crippen LogP contribution in [-0.4, -0.2) is 55.0 Å². The van der Waals surface area contributed by atoms with Crippen LogP contribution in [-0.2, 0) is 9.53 Å². The summed E-state index contributed by atoms with van der Waals surface area (Å²) in [7, 11) is 0. The summed E-state index contributed by atoms with van der Waals surface area (Å²) in [5.74, 6) is -0.738. The highest BCUT2D eigenvalue weighted by Gasteiger charge is 2.31. The number of nitrogens with one attached hydrogen (secondary N) is 3. The third kappa shape index (κ3) is 6.68. The average Bonchev–Trinajstić information content (AvgIpc) is 3.59. The van der Waals surface area contributed by atoms with Crippen LogP contribution in [0, 0.1) is 23.1 Å². The van der Waals surface area contributed by atoms with Crippen molar-refractivity contribution in [1.29, 1.82) is 5.41 Å². The lowest BCUT2D eigenvalue weighted by molar-refractivity contribution is -0.114. The summed E-state index contributed by atoms with van der Waals surface area (Å²) in [4.78, 5) is 25.9. The van der Waals surface area contributed by atoms with Crippen molar-refractivity contribution in [2.24, 2.45) is 23.3 Å². The van der Waals surface area contributed by atoms with Gasteiger partial charge in [0, 0.05) is 36.9 Å². The number of hydrogen-bond donors (Lipinski definition) is 5. The zero-order valence-corrected chi connectivity index (χ0v) is 18.0. The zero-order chi connectivity index (χ0) is 23.1. The number of benzene rings is 1. The van der Waals surface area contributed by atoms with Gasteiger partial charge in [-0.1, -0.05) is 12.8 Å². The molecule has 32 heavy (non-hydrogen) atoms. The number of ether oxygens (including phenoxy) is 1. The summed E-state index contributed by atoms with van der Waals surface area (Å²) in [6, 6.07) is 5.32. The van der Waals surface area contributed by atoms with Crippen LogP contribution < -0.4 is 22.1 Å². The lowest BCUT2D eigenvalue weighted by Crippen LogP contribution is -2.52. The van der Waals surface area contributed by atoms with Gasteiger partial charge >= 0.3 is 6.09 Å². The van der Waals surface area contributed by atoms with Crippen LogP contribution in [0.3, 0.4) is 0 Å². The minimum Gasteiger partial charge on any atom is -0.449 e. The highest BCUT2D eigenvalue weighted by molar-refractivity contribution is 6.23. The summed E-state index contributed by atoms with van der Waals surface area (Å²) >= 11 is 0. The number of anilines is 1. The van der Waals surface area contributed by atoms with Gasteiger partial charge in [-0.3, -0.25) is 10.2 Å². The predicted octanol–water partition coefficient (Wildman–Crippen LogP) is 1.76. The normalized spacial score (nSPS) is 21.1. The number of amides is 2. The third-order valence-electron chi connectivity index (χ3n) is 5.83. The van der Waals surface area contributed by atoms with Gasteiger partial charge in [-0.2, -0.15) is 0 Å². The van der Waals surface area contributed by atoms with E-state index in [0.717, 1.165) is 6.42 Å². The molecule has 3 rings (SSSR count). The molecule has 0 unspecified atom stereocenters. The van der Waals surface area contributed by atoms with Gasteiger partial charge in [-0.05, 0) is 49.6 Å². The van der Waals surface area contributed by atoms with Gasteiger partial charge < -0.3 is 31.7 Å². The van der Waals surface area contributed by atoms with Crippen molar-refractivity contribution in [1.82, 2.24) is 10.2 Å². The molecular weight excluding hydrogens is 415 g/mol. The van der Waals surface area contributed by atoms with Crippen LogP contribution in [0.5, 0.6) is 0 Å². The molecule has 0 aromatic heterocycles. The number of amidine groups is 1. The van der Waals surface area contributed by atoms with Crippen LogP contribution >= 0.6 is 0 Å². The Morgan fingerprint density at radius 1 is 1.25 bits per heavy atom. The number of halogens is 1. The maximum Gasteiger partial charge on any atom is 0.409 e. The molecule has 1 aromatic carbocycles. The molecule has 0 spiro atoms. The monoisotopic (exact) mass is 446 g/mol. The largest absolute Gasteiger partial charge is 0.449 e. The maximum atomic E-state index is 13.1. The molecule has 0 bridgehead atoms. The third-order valence-corrected chi connectivity index (χ3v) is 5.83. The topological polar surface area (TPSA) is 147 Å². The number of carbonyl (C=O) groups excluding carboxylic acids is 2. The van der Waals surface area contributed by atoms with Crippen LogP contribution in [0.25, 0.3) is 0 Å². The molecule has 2 atom stereocenters. The second-order valence-electron chi connectivity index (χ2n) is 8.28. The van der Waals surface area contributed by atoms with Crippen LogP contribution in [0.1, 0.15) is 25.7 Å². The lowest BCUT2D eigenvalue weighted by Gasteiger charge is -2.37. The number of hydrogen-bond acceptors (Lipinski definition) is 6. The fraction of sp³-hybridized carbons (Fsp3) is 0.500. The first kappa shape index (κ1) is 23.5. The molecule has 1 aliphatic heterocycles. The van der Waals surface area contributed by atoms with Crippen molar-refractivity contribution < 1.29 is 18.7 Å². The van der Waals surface area contributed by atoms with E-state index >= 15 is 0 Å². The van der Waals surface area contributed by atoms with Gasteiger partial charge in [0.1, 0.15) is 11.7 Å². The summed E-state index contributed by atoms with van der Waals surface area (Å²) in [6.45, 7) is 1.74. The summed E-state index contributed by atoms with van der Waals surface area (Å²) in [5, 5.41) is 14.0. The van der Waals surface area contributed by atoms with E-state index in [1.807, 2.05) is 0 Å². The Morgan fingerprint density at radius 2 is 1.97 bits per heavy atom. The second-order valence-corrected chi connectivity index (χ2v) is 8.28. The number of nitrogens with two attached hydrogens (primary N) is 2. The molecule has 1 aliphatic carbocycles. The number of rotatable bonds is 9. The number of piperidine rings is 1. The molecule has 1 saturated carbocycles. The Morgan fingerprint density at radius 3 is 2.59 bits per heavy atom. The Labute approximate surface area is 186 Å². The lowest BCUT2D eigenvalue weighted by atomic mass is 9.92. The predicted molar refractivity (Wildman–Crippen MR) is 119 cm³/mol. The first-order valence-electron chi connectivity index (χ1n) is 10.9. The molecule has 1 saturated heterocycles. The molecule has 1 aromatic rings. The van der Waals surface area contributed by atoms with Crippen molar-refractivity contribution in [2.75, 3.05) is 31.6 Å². The van der Waals surface area contributed by atoms with Gasteiger partial charge in [0.2, 0.25) is 0 Å². The van der Waals surface area contributed by atoms with Crippen LogP contribution in [0.15, 0.2) is 36.0 Å². The van der Waals surface area contributed by atoms with Crippen molar-refractivity contribution >= 4 is 23.5 Å². The number of carbonyl (C=O) groups is 2. The van der Waals surface area contributed by atoms with E-state index in [4.69, 9.17) is 21.6 Å². The van der Waals surface area contributed by atoms with Crippen molar-refractivity contribution in [3.05, 3.63) is 41.9 Å². The maximum absolute atomic E-state index is 13.1. The van der Waals surface area contributed by atoms with Crippen LogP contribution in [0.4, 0.5) is 14.9 Å². The fourth-order valence-corrected chi connectivity index (χ4v) is 3.67. The fourth-order valence-electron chi connectivity index (χ4n) is 3.67. The van der Waals surface area contributed by atoms with Gasteiger partial charge in [0.25, 0.3) is 5.91 Å². The Hall–Kier alpha value is -3.14. The highest BCUT2D eigenvalue weighted by Crippen LogP contribution is 2.32. The molecule has 2 fully saturated rings. The molecule has 7 N–H and O–H groups in total. The summed E-state index contributed by atoms with van der Waals surface area (Å²) in [5.41, 5.74) is 11.8. The van der Waals surface area contributed by atoms with Crippen LogP contribution in [0.2, 0.25) is 0 Å². The van der Waals surface area contributed by atoms with E-state index in [9.17, 15) is 14.0 Å². The van der Waals surface area contributed by atoms with E-state index in [1.54, 1.807) is 4.90 Å². The van der Waals surface area contributed by atoms with E-state index in [0.29, 0.717) is 44.3 Å². The van der Waals surface area contributed by atoms with Gasteiger partial charge in [-0.15, -0.1) is 0 Å². The molecule has 10 heteroatoms. The Balaban J connectivity index is 1.55. The number of likely N-dealkylation sites (tertiary alicyclic amines) is 1. The molecule has 2 amide bonds. The van der Waals surface area contributed by atoms with Crippen molar-refractivity contribution in [3.8, 4) is 0 Å². The Kier molecular flexibility index (Phi) is 8.04. The SMILES string of the molecule is N=C(Nc1ccc(F)cc1)/C(=C\N[C@@H]1CCN(C(=O)OCCC2CC2)C[C@H]1CN)C(N)=O.